The molecule has 0 aromatic rings. The molecule has 0 aromatic carbocycles. The highest BCUT2D eigenvalue weighted by Gasteiger charge is 2.90. The van der Waals surface area contributed by atoms with Crippen LogP contribution >= 0.6 is 0 Å². The summed E-state index contributed by atoms with van der Waals surface area (Å²) in [4.78, 5) is 0. The van der Waals surface area contributed by atoms with Crippen LogP contribution in [0.5, 0.6) is 0 Å². The smallest absolute Gasteiger partial charge is 0.195 e. The standard InChI is InChI=1S/C10H2F18/c11-3(12,1-2-4(13,14)9(23,24)25)5(15,16)6(17,18)7(19,20)8(21,22)10(26,27)28/h1-2H. The minimum Gasteiger partial charge on any atom is -0.195 e. The monoisotopic (exact) mass is 464 g/mol. The number of hydrogen-bond acceptors (Lipinski definition) is 0. The fraction of sp³-hybridized carbons (Fsp3) is 0.800. The SMILES string of the molecule is FC(F)(F)C(F)(F)C=CC(F)(F)C(F)(F)C(F)(F)C(F)(F)C(F)(F)C(F)(F)F. The molecule has 28 heavy (non-hydrogen) atoms. The maximum Gasteiger partial charge on any atom is 0.460 e. The van der Waals surface area contributed by atoms with Gasteiger partial charge in [0.05, 0.1) is 0 Å². The molecule has 0 saturated carbocycles. The number of halogens is 18. The van der Waals surface area contributed by atoms with Crippen LogP contribution in [0.4, 0.5) is 79.0 Å². The number of allylic oxidation sites excluding steroid dienone is 2. The van der Waals surface area contributed by atoms with E-state index in [-0.39, 0.29) is 0 Å². The summed E-state index contributed by atoms with van der Waals surface area (Å²) in [5.41, 5.74) is 0. The molecule has 0 saturated heterocycles. The average Bonchev–Trinajstić information content (AvgIpc) is 2.42. The first-order valence-corrected chi connectivity index (χ1v) is 5.81. The molecule has 18 heteroatoms. The molecule has 168 valence electrons. The van der Waals surface area contributed by atoms with Crippen LogP contribution in [0.3, 0.4) is 0 Å². The van der Waals surface area contributed by atoms with Crippen molar-refractivity contribution < 1.29 is 79.0 Å². The average molecular weight is 464 g/mol. The topological polar surface area (TPSA) is 0 Å². The van der Waals surface area contributed by atoms with Crippen LogP contribution in [0, 0.1) is 0 Å². The lowest BCUT2D eigenvalue weighted by molar-refractivity contribution is -0.436. The van der Waals surface area contributed by atoms with Gasteiger partial charge in [-0.15, -0.1) is 0 Å². The maximum absolute atomic E-state index is 13.0. The molecule has 0 atom stereocenters. The Bertz CT molecular complexity index is 586. The molecule has 0 aromatic heterocycles. The van der Waals surface area contributed by atoms with Crippen LogP contribution in [0.25, 0.3) is 0 Å². The van der Waals surface area contributed by atoms with Gasteiger partial charge < -0.3 is 0 Å². The Morgan fingerprint density at radius 3 is 0.857 bits per heavy atom. The summed E-state index contributed by atoms with van der Waals surface area (Å²) in [7, 11) is 0. The molecule has 0 unspecified atom stereocenters. The van der Waals surface area contributed by atoms with Gasteiger partial charge in [0.15, 0.2) is 0 Å². The van der Waals surface area contributed by atoms with Crippen LogP contribution < -0.4 is 0 Å². The Labute approximate surface area is 140 Å². The fourth-order valence-electron chi connectivity index (χ4n) is 1.19. The summed E-state index contributed by atoms with van der Waals surface area (Å²) in [6.45, 7) is 0. The van der Waals surface area contributed by atoms with Crippen LogP contribution in [0.15, 0.2) is 12.2 Å². The van der Waals surface area contributed by atoms with Gasteiger partial charge in [-0.05, 0) is 12.2 Å². The van der Waals surface area contributed by atoms with E-state index in [0.29, 0.717) is 0 Å². The van der Waals surface area contributed by atoms with Crippen molar-refractivity contribution in [3.8, 4) is 0 Å². The molecule has 0 rings (SSSR count). The molecular formula is C10H2F18. The van der Waals surface area contributed by atoms with Crippen molar-refractivity contribution in [1.82, 2.24) is 0 Å². The van der Waals surface area contributed by atoms with Gasteiger partial charge in [0.25, 0.3) is 0 Å². The highest BCUT2D eigenvalue weighted by molar-refractivity contribution is 5.17. The lowest BCUT2D eigenvalue weighted by Gasteiger charge is -2.39. The third-order valence-electron chi connectivity index (χ3n) is 2.84. The number of hydrogen-bond donors (Lipinski definition) is 0. The first-order valence-electron chi connectivity index (χ1n) is 5.81. The first kappa shape index (κ1) is 26.5. The van der Waals surface area contributed by atoms with Gasteiger partial charge in [0.1, 0.15) is 0 Å². The van der Waals surface area contributed by atoms with Crippen molar-refractivity contribution in [2.45, 2.75) is 47.9 Å². The number of alkyl halides is 18. The van der Waals surface area contributed by atoms with E-state index in [1.807, 2.05) is 0 Å². The van der Waals surface area contributed by atoms with Gasteiger partial charge in [-0.2, -0.15) is 79.0 Å². The quantitative estimate of drug-likeness (QED) is 0.312. The zero-order valence-electron chi connectivity index (χ0n) is 12.0. The van der Waals surface area contributed by atoms with E-state index in [1.54, 1.807) is 0 Å². The van der Waals surface area contributed by atoms with Crippen molar-refractivity contribution in [3.05, 3.63) is 12.2 Å². The highest BCUT2D eigenvalue weighted by atomic mass is 19.4. The first-order chi connectivity index (χ1) is 11.7. The zero-order valence-corrected chi connectivity index (χ0v) is 12.0. The summed E-state index contributed by atoms with van der Waals surface area (Å²) in [6.07, 6.45) is -19.0. The molecule has 0 aliphatic heterocycles. The van der Waals surface area contributed by atoms with Crippen LogP contribution in [-0.2, 0) is 0 Å². The van der Waals surface area contributed by atoms with Gasteiger partial charge in [0.2, 0.25) is 0 Å². The van der Waals surface area contributed by atoms with Crippen LogP contribution in [-0.4, -0.2) is 47.9 Å². The van der Waals surface area contributed by atoms with E-state index in [4.69, 9.17) is 0 Å². The minimum atomic E-state index is -8.29. The lowest BCUT2D eigenvalue weighted by atomic mass is 9.93. The molecule has 0 amide bonds. The molecule has 0 nitrogen and oxygen atoms in total. The van der Waals surface area contributed by atoms with Gasteiger partial charge >= 0.3 is 47.9 Å². The molecule has 0 fully saturated rings. The Kier molecular flexibility index (Phi) is 6.14. The predicted octanol–water partition coefficient (Wildman–Crippen LogP) is 6.48. The van der Waals surface area contributed by atoms with Gasteiger partial charge in [-0.1, -0.05) is 0 Å². The summed E-state index contributed by atoms with van der Waals surface area (Å²) >= 11 is 0. The van der Waals surface area contributed by atoms with Crippen LogP contribution in [0.2, 0.25) is 0 Å². The Morgan fingerprint density at radius 2 is 0.571 bits per heavy atom. The molecule has 0 bridgehead atoms. The second-order valence-corrected chi connectivity index (χ2v) is 4.87. The Balaban J connectivity index is 6.34. The van der Waals surface area contributed by atoms with E-state index in [1.165, 1.54) is 0 Å². The van der Waals surface area contributed by atoms with Crippen LogP contribution in [0.1, 0.15) is 0 Å². The summed E-state index contributed by atoms with van der Waals surface area (Å²) < 4.78 is 223. The zero-order chi connectivity index (χ0) is 23.4. The van der Waals surface area contributed by atoms with Gasteiger partial charge in [0, 0.05) is 0 Å². The van der Waals surface area contributed by atoms with Gasteiger partial charge in [-0.25, -0.2) is 0 Å². The van der Waals surface area contributed by atoms with Crippen molar-refractivity contribution in [2.24, 2.45) is 0 Å². The fourth-order valence-corrected chi connectivity index (χ4v) is 1.19. The second-order valence-electron chi connectivity index (χ2n) is 4.87. The number of rotatable bonds is 6. The predicted molar refractivity (Wildman–Crippen MR) is 50.9 cm³/mol. The Hall–Kier alpha value is -1.52. The maximum atomic E-state index is 13.0. The van der Waals surface area contributed by atoms with E-state index in [0.717, 1.165) is 0 Å². The van der Waals surface area contributed by atoms with Crippen molar-refractivity contribution in [3.63, 3.8) is 0 Å². The molecule has 0 N–H and O–H groups in total. The highest BCUT2D eigenvalue weighted by Crippen LogP contribution is 2.60. The summed E-state index contributed by atoms with van der Waals surface area (Å²) in [6, 6.07) is 0. The molecule has 0 heterocycles. The van der Waals surface area contributed by atoms with E-state index in [2.05, 4.69) is 0 Å². The van der Waals surface area contributed by atoms with Crippen molar-refractivity contribution in [1.29, 1.82) is 0 Å². The molecule has 0 radical (unpaired) electrons. The van der Waals surface area contributed by atoms with Crippen molar-refractivity contribution in [2.75, 3.05) is 0 Å². The largest absolute Gasteiger partial charge is 0.460 e. The summed E-state index contributed by atoms with van der Waals surface area (Å²) in [5, 5.41) is 0. The Morgan fingerprint density at radius 1 is 0.286 bits per heavy atom. The third kappa shape index (κ3) is 3.81. The third-order valence-corrected chi connectivity index (χ3v) is 2.84. The van der Waals surface area contributed by atoms with E-state index in [9.17, 15) is 79.0 Å². The summed E-state index contributed by atoms with van der Waals surface area (Å²) in [5.74, 6) is -46.2. The molecule has 0 aliphatic rings. The lowest BCUT2D eigenvalue weighted by Crippen LogP contribution is -2.69. The molecular weight excluding hydrogens is 462 g/mol. The molecule has 0 aliphatic carbocycles. The van der Waals surface area contributed by atoms with Crippen molar-refractivity contribution >= 4 is 0 Å². The minimum absolute atomic E-state index is 2.20. The van der Waals surface area contributed by atoms with E-state index < -0.39 is 60.0 Å². The molecule has 0 spiro atoms. The normalized spacial score (nSPS) is 16.8. The van der Waals surface area contributed by atoms with E-state index >= 15 is 0 Å². The van der Waals surface area contributed by atoms with Gasteiger partial charge in [-0.3, -0.25) is 0 Å². The second kappa shape index (κ2) is 6.50.